The molecule has 1 unspecified atom stereocenters. The van der Waals surface area contributed by atoms with Crippen molar-refractivity contribution in [2.75, 3.05) is 39.2 Å². The maximum Gasteiger partial charge on any atom is 3.00 e. The molecule has 1 aromatic carbocycles. The monoisotopic (exact) mass is 481 g/mol. The zero-order valence-electron chi connectivity index (χ0n) is 18.1. The molecule has 2 heterocycles. The van der Waals surface area contributed by atoms with Crippen molar-refractivity contribution in [3.63, 3.8) is 0 Å². The molecular weight excluding hydrogens is 456 g/mol. The van der Waals surface area contributed by atoms with Crippen molar-refractivity contribution in [2.45, 2.75) is 25.9 Å². The number of hydrogen-bond acceptors (Lipinski definition) is 5. The first-order valence-corrected chi connectivity index (χ1v) is 8.88. The van der Waals surface area contributed by atoms with E-state index in [0.717, 1.165) is 12.5 Å². The first-order valence-electron chi connectivity index (χ1n) is 8.88. The van der Waals surface area contributed by atoms with E-state index >= 15 is 4.39 Å². The molecule has 1 aromatic heterocycles. The van der Waals surface area contributed by atoms with Crippen LogP contribution >= 0.6 is 12.4 Å². The topological polar surface area (TPSA) is 75.0 Å². The van der Waals surface area contributed by atoms with Crippen LogP contribution in [0, 0.1) is 5.82 Å². The Morgan fingerprint density at radius 2 is 1.91 bits per heavy atom. The molecule has 13 heteroatoms. The molecule has 1 saturated heterocycles. The Hall–Kier alpha value is -2.47. The molecule has 0 saturated carbocycles. The van der Waals surface area contributed by atoms with Crippen LogP contribution in [0.15, 0.2) is 17.1 Å². The van der Waals surface area contributed by atoms with Gasteiger partial charge in [0.05, 0.1) is 18.0 Å². The van der Waals surface area contributed by atoms with Gasteiger partial charge in [-0.3, -0.25) is 4.79 Å². The van der Waals surface area contributed by atoms with E-state index < -0.39 is 17.2 Å². The molecule has 1 atom stereocenters. The Morgan fingerprint density at radius 1 is 1.31 bits per heavy atom. The van der Waals surface area contributed by atoms with Crippen LogP contribution in [-0.2, 0) is 6.54 Å². The molecule has 1 aliphatic heterocycles. The minimum Gasteiger partial charge on any atom is -1.00 e. The Morgan fingerprint density at radius 3 is 2.34 bits per heavy atom. The van der Waals surface area contributed by atoms with Gasteiger partial charge in [-0.25, -0.2) is 9.18 Å². The number of aromatic carboxylic acids is 1. The fourth-order valence-electron chi connectivity index (χ4n) is 3.74. The molecule has 0 radical (unpaired) electrons. The van der Waals surface area contributed by atoms with Gasteiger partial charge in [-0.15, -0.1) is 12.4 Å². The minimum atomic E-state index is -1.33. The number of carboxylic acids is 1. The van der Waals surface area contributed by atoms with E-state index in [2.05, 4.69) is 4.90 Å². The number of aryl methyl sites for hydroxylation is 1. The average Bonchev–Trinajstić information content (AvgIpc) is 3.11. The van der Waals surface area contributed by atoms with E-state index in [1.807, 2.05) is 25.9 Å². The number of hydrogen-bond donors (Lipinski definition) is 1. The van der Waals surface area contributed by atoms with Gasteiger partial charge < -0.3 is 38.3 Å². The van der Waals surface area contributed by atoms with E-state index in [-0.39, 0.29) is 51.6 Å². The molecule has 1 fully saturated rings. The molecule has 0 aliphatic carbocycles. The van der Waals surface area contributed by atoms with Crippen LogP contribution in [0.4, 0.5) is 10.1 Å². The molecule has 1 aliphatic rings. The molecule has 0 spiro atoms. The second-order valence-electron chi connectivity index (χ2n) is 6.95. The smallest absolute Gasteiger partial charge is 1.00 e. The summed E-state index contributed by atoms with van der Waals surface area (Å²) in [4.78, 5) is 28.0. The van der Waals surface area contributed by atoms with E-state index in [9.17, 15) is 14.7 Å². The van der Waals surface area contributed by atoms with Crippen molar-refractivity contribution >= 4 is 43.4 Å². The summed E-state index contributed by atoms with van der Waals surface area (Å²) in [5, 5.41) is 9.31. The summed E-state index contributed by atoms with van der Waals surface area (Å²) < 4.78 is 22.2. The van der Waals surface area contributed by atoms with E-state index in [0.29, 0.717) is 36.9 Å². The van der Waals surface area contributed by atoms with Gasteiger partial charge in [0.25, 0.3) is 0 Å². The third-order valence-corrected chi connectivity index (χ3v) is 5.23. The van der Waals surface area contributed by atoms with Crippen LogP contribution in [0.2, 0.25) is 0 Å². The quantitative estimate of drug-likeness (QED) is 0.338. The summed E-state index contributed by atoms with van der Waals surface area (Å²) in [5.41, 5.74) is -0.357. The first-order chi connectivity index (χ1) is 12.8. The number of nitrogens with zero attached hydrogens (tertiary/aromatic N) is 3. The SMILES string of the molecule is CCn1cc(C(=O)O)c(=O)c2cc(F)c(N3CCC(N(C)C)C3)c(OC)c21.Cl.[B+3].[F-].[F-].[F-]. The number of carboxylic acid groups (broad SMARTS) is 1. The summed E-state index contributed by atoms with van der Waals surface area (Å²) >= 11 is 0. The average molecular weight is 482 g/mol. The number of anilines is 1. The summed E-state index contributed by atoms with van der Waals surface area (Å²) in [7, 11) is 5.42. The number of carbonyl (C=O) groups is 1. The molecule has 0 amide bonds. The number of rotatable bonds is 5. The number of aromatic nitrogens is 1. The zero-order chi connectivity index (χ0) is 19.9. The zero-order valence-corrected chi connectivity index (χ0v) is 18.9. The number of ether oxygens (including phenoxy) is 1. The normalized spacial score (nSPS) is 14.4. The van der Waals surface area contributed by atoms with E-state index in [1.54, 1.807) is 4.57 Å². The number of halogens is 5. The van der Waals surface area contributed by atoms with Crippen LogP contribution in [-0.4, -0.2) is 69.3 Å². The van der Waals surface area contributed by atoms with Crippen molar-refractivity contribution in [1.29, 1.82) is 0 Å². The van der Waals surface area contributed by atoms with Gasteiger partial charge in [-0.2, -0.15) is 0 Å². The van der Waals surface area contributed by atoms with E-state index in [4.69, 9.17) is 4.74 Å². The predicted octanol–water partition coefficient (Wildman–Crippen LogP) is -6.94. The third-order valence-electron chi connectivity index (χ3n) is 5.23. The number of fused-ring (bicyclic) bond motifs is 1. The Bertz CT molecular complexity index is 978. The van der Waals surface area contributed by atoms with Gasteiger partial charge in [0.2, 0.25) is 5.43 Å². The molecule has 32 heavy (non-hydrogen) atoms. The van der Waals surface area contributed by atoms with Gasteiger partial charge in [0, 0.05) is 31.9 Å². The van der Waals surface area contributed by atoms with Gasteiger partial charge in [0.15, 0.2) is 11.6 Å². The molecule has 1 N–H and O–H groups in total. The fraction of sp³-hybridized carbons (Fsp3) is 0.474. The molecule has 2 aromatic rings. The van der Waals surface area contributed by atoms with Crippen molar-refractivity contribution < 1.29 is 33.1 Å². The summed E-state index contributed by atoms with van der Waals surface area (Å²) in [6.45, 7) is 3.56. The second kappa shape index (κ2) is 13.2. The Kier molecular flexibility index (Phi) is 14.1. The predicted molar refractivity (Wildman–Crippen MR) is 115 cm³/mol. The molecule has 0 bridgehead atoms. The first kappa shape index (κ1) is 34.2. The standard InChI is InChI=1S/C19H24FN3O4.B.ClH.3FH/c1-5-22-10-13(19(25)26)17(24)12-8-14(20)16(18(27-4)15(12)22)23-7-6-11(9-23)21(2)3;;;;;/h8,10-11H,5-7,9H2,1-4H3,(H,25,26);;4*1H/q;+3;;;;/p-3. The van der Waals surface area contributed by atoms with Gasteiger partial charge in [-0.05, 0) is 33.5 Å². The number of likely N-dealkylation sites (N-methyl/N-ethyl adjacent to an activating group) is 1. The molecular formula is C19H25BClF4N3O4. The van der Waals surface area contributed by atoms with E-state index in [1.165, 1.54) is 13.3 Å². The van der Waals surface area contributed by atoms with Crippen molar-refractivity contribution in [2.24, 2.45) is 0 Å². The number of benzene rings is 1. The fourth-order valence-corrected chi connectivity index (χ4v) is 3.74. The molecule has 7 nitrogen and oxygen atoms in total. The molecule has 3 rings (SSSR count). The van der Waals surface area contributed by atoms with Gasteiger partial charge >= 0.3 is 14.4 Å². The molecule has 178 valence electrons. The summed E-state index contributed by atoms with van der Waals surface area (Å²) in [6.07, 6.45) is 2.19. The number of methoxy groups -OCH3 is 1. The summed E-state index contributed by atoms with van der Waals surface area (Å²) in [5.74, 6) is -1.65. The maximum atomic E-state index is 15.1. The number of pyridine rings is 1. The Balaban J connectivity index is -0.00000168. The minimum absolute atomic E-state index is 0. The van der Waals surface area contributed by atoms with Crippen molar-refractivity contribution in [3.8, 4) is 5.75 Å². The van der Waals surface area contributed by atoms with Crippen LogP contribution in [0.1, 0.15) is 23.7 Å². The van der Waals surface area contributed by atoms with Gasteiger partial charge in [-0.1, -0.05) is 0 Å². The van der Waals surface area contributed by atoms with Crippen molar-refractivity contribution in [3.05, 3.63) is 33.9 Å². The van der Waals surface area contributed by atoms with Crippen LogP contribution in [0.5, 0.6) is 5.75 Å². The third kappa shape index (κ3) is 5.66. The van der Waals surface area contributed by atoms with Crippen LogP contribution in [0.3, 0.4) is 0 Å². The summed E-state index contributed by atoms with van der Waals surface area (Å²) in [6, 6.07) is 1.43. The van der Waals surface area contributed by atoms with Crippen molar-refractivity contribution in [1.82, 2.24) is 9.47 Å². The second-order valence-corrected chi connectivity index (χ2v) is 6.95. The Labute approximate surface area is 191 Å². The van der Waals surface area contributed by atoms with Gasteiger partial charge in [0.1, 0.15) is 11.3 Å². The maximum absolute atomic E-state index is 15.1. The largest absolute Gasteiger partial charge is 3.00 e. The van der Waals surface area contributed by atoms with Crippen LogP contribution < -0.4 is 29.2 Å². The van der Waals surface area contributed by atoms with Crippen LogP contribution in [0.25, 0.3) is 10.9 Å².